The standard InChI is InChI=1S/C12H20FN3O/c1-3-10-11(13)12(15-9-14-10)16(2)7-5-4-6-8-17/h9,17H,3-8H2,1-2H3. The second-order valence-corrected chi connectivity index (χ2v) is 4.02. The maximum Gasteiger partial charge on any atom is 0.187 e. The average Bonchev–Trinajstić information content (AvgIpc) is 2.34. The fraction of sp³-hybridized carbons (Fsp3) is 0.667. The Morgan fingerprint density at radius 2 is 2.06 bits per heavy atom. The van der Waals surface area contributed by atoms with Gasteiger partial charge in [-0.2, -0.15) is 0 Å². The van der Waals surface area contributed by atoms with Crippen LogP contribution < -0.4 is 4.90 Å². The maximum absolute atomic E-state index is 13.9. The van der Waals surface area contributed by atoms with Crippen LogP contribution in [0.2, 0.25) is 0 Å². The molecule has 1 aromatic rings. The molecule has 0 aromatic carbocycles. The van der Waals surface area contributed by atoms with E-state index in [1.54, 1.807) is 4.90 Å². The molecular formula is C12H20FN3O. The summed E-state index contributed by atoms with van der Waals surface area (Å²) >= 11 is 0. The molecule has 0 saturated carbocycles. The lowest BCUT2D eigenvalue weighted by Crippen LogP contribution is -2.22. The monoisotopic (exact) mass is 241 g/mol. The van der Waals surface area contributed by atoms with E-state index in [9.17, 15) is 4.39 Å². The number of nitrogens with zero attached hydrogens (tertiary/aromatic N) is 3. The third-order valence-electron chi connectivity index (χ3n) is 2.69. The summed E-state index contributed by atoms with van der Waals surface area (Å²) in [5.74, 6) is 0.0421. The highest BCUT2D eigenvalue weighted by molar-refractivity contribution is 5.39. The number of aromatic nitrogens is 2. The summed E-state index contributed by atoms with van der Waals surface area (Å²) in [7, 11) is 1.82. The molecule has 1 heterocycles. The number of aliphatic hydroxyl groups is 1. The van der Waals surface area contributed by atoms with Crippen LogP contribution >= 0.6 is 0 Å². The highest BCUT2D eigenvalue weighted by atomic mass is 19.1. The van der Waals surface area contributed by atoms with Crippen LogP contribution in [-0.4, -0.2) is 35.3 Å². The van der Waals surface area contributed by atoms with Crippen molar-refractivity contribution < 1.29 is 9.50 Å². The van der Waals surface area contributed by atoms with Crippen LogP contribution in [0, 0.1) is 5.82 Å². The van der Waals surface area contributed by atoms with Crippen molar-refractivity contribution in [2.75, 3.05) is 25.1 Å². The van der Waals surface area contributed by atoms with Gasteiger partial charge in [-0.25, -0.2) is 14.4 Å². The van der Waals surface area contributed by atoms with Crippen LogP contribution in [-0.2, 0) is 6.42 Å². The zero-order chi connectivity index (χ0) is 12.7. The van der Waals surface area contributed by atoms with Crippen LogP contribution in [0.15, 0.2) is 6.33 Å². The van der Waals surface area contributed by atoms with Gasteiger partial charge in [0, 0.05) is 20.2 Å². The predicted octanol–water partition coefficient (Wildman–Crippen LogP) is 1.78. The zero-order valence-corrected chi connectivity index (χ0v) is 10.5. The first kappa shape index (κ1) is 13.8. The quantitative estimate of drug-likeness (QED) is 0.739. The Bertz CT molecular complexity index is 347. The van der Waals surface area contributed by atoms with Crippen molar-refractivity contribution in [2.24, 2.45) is 0 Å². The molecule has 5 heteroatoms. The number of anilines is 1. The van der Waals surface area contributed by atoms with E-state index in [0.29, 0.717) is 17.9 Å². The summed E-state index contributed by atoms with van der Waals surface area (Å²) in [6.45, 7) is 2.82. The summed E-state index contributed by atoms with van der Waals surface area (Å²) < 4.78 is 13.9. The molecule has 0 spiro atoms. The SMILES string of the molecule is CCc1ncnc(N(C)CCCCCO)c1F. The van der Waals surface area contributed by atoms with Crippen molar-refractivity contribution in [3.8, 4) is 0 Å². The third-order valence-corrected chi connectivity index (χ3v) is 2.69. The van der Waals surface area contributed by atoms with Crippen molar-refractivity contribution in [3.63, 3.8) is 0 Å². The Morgan fingerprint density at radius 3 is 2.71 bits per heavy atom. The molecule has 96 valence electrons. The minimum Gasteiger partial charge on any atom is -0.396 e. The van der Waals surface area contributed by atoms with Gasteiger partial charge in [0.1, 0.15) is 6.33 Å². The molecule has 0 atom stereocenters. The fourth-order valence-electron chi connectivity index (χ4n) is 1.65. The van der Waals surface area contributed by atoms with Gasteiger partial charge in [-0.3, -0.25) is 0 Å². The van der Waals surface area contributed by atoms with Crippen molar-refractivity contribution in [3.05, 3.63) is 17.8 Å². The Labute approximate surface area is 102 Å². The van der Waals surface area contributed by atoms with Crippen LogP contribution in [0.25, 0.3) is 0 Å². The second kappa shape index (κ2) is 7.17. The highest BCUT2D eigenvalue weighted by Crippen LogP contribution is 2.17. The van der Waals surface area contributed by atoms with Gasteiger partial charge in [0.05, 0.1) is 5.69 Å². The molecule has 0 saturated heterocycles. The van der Waals surface area contributed by atoms with E-state index in [1.807, 2.05) is 14.0 Å². The first-order valence-corrected chi connectivity index (χ1v) is 6.02. The number of aryl methyl sites for hydroxylation is 1. The Morgan fingerprint density at radius 1 is 1.29 bits per heavy atom. The van der Waals surface area contributed by atoms with E-state index in [2.05, 4.69) is 9.97 Å². The van der Waals surface area contributed by atoms with E-state index >= 15 is 0 Å². The van der Waals surface area contributed by atoms with Gasteiger partial charge in [-0.1, -0.05) is 6.92 Å². The third kappa shape index (κ3) is 3.93. The molecule has 1 N–H and O–H groups in total. The van der Waals surface area contributed by atoms with Crippen molar-refractivity contribution in [1.29, 1.82) is 0 Å². The minimum absolute atomic E-state index is 0.214. The fourth-order valence-corrected chi connectivity index (χ4v) is 1.65. The van der Waals surface area contributed by atoms with E-state index < -0.39 is 0 Å². The van der Waals surface area contributed by atoms with Gasteiger partial charge in [-0.15, -0.1) is 0 Å². The van der Waals surface area contributed by atoms with Crippen molar-refractivity contribution in [2.45, 2.75) is 32.6 Å². The lowest BCUT2D eigenvalue weighted by atomic mass is 10.2. The number of hydrogen-bond acceptors (Lipinski definition) is 4. The maximum atomic E-state index is 13.9. The minimum atomic E-state index is -0.320. The summed E-state index contributed by atoms with van der Waals surface area (Å²) in [5.41, 5.74) is 0.456. The molecular weight excluding hydrogens is 221 g/mol. The van der Waals surface area contributed by atoms with E-state index in [-0.39, 0.29) is 12.4 Å². The topological polar surface area (TPSA) is 49.2 Å². The number of unbranched alkanes of at least 4 members (excludes halogenated alkanes) is 2. The molecule has 4 nitrogen and oxygen atoms in total. The van der Waals surface area contributed by atoms with E-state index in [1.165, 1.54) is 6.33 Å². The van der Waals surface area contributed by atoms with Crippen molar-refractivity contribution >= 4 is 5.82 Å². The summed E-state index contributed by atoms with van der Waals surface area (Å²) in [5, 5.41) is 8.67. The molecule has 0 aliphatic heterocycles. The molecule has 0 radical (unpaired) electrons. The number of aliphatic hydroxyl groups excluding tert-OH is 1. The van der Waals surface area contributed by atoms with Gasteiger partial charge in [0.25, 0.3) is 0 Å². The highest BCUT2D eigenvalue weighted by Gasteiger charge is 2.12. The lowest BCUT2D eigenvalue weighted by molar-refractivity contribution is 0.283. The number of hydrogen-bond donors (Lipinski definition) is 1. The molecule has 17 heavy (non-hydrogen) atoms. The molecule has 1 aromatic heterocycles. The number of rotatable bonds is 7. The van der Waals surface area contributed by atoms with Gasteiger partial charge >= 0.3 is 0 Å². The molecule has 0 fully saturated rings. The molecule has 0 bridgehead atoms. The normalized spacial score (nSPS) is 10.6. The summed E-state index contributed by atoms with van der Waals surface area (Å²) in [6, 6.07) is 0. The lowest BCUT2D eigenvalue weighted by Gasteiger charge is -2.19. The van der Waals surface area contributed by atoms with Crippen molar-refractivity contribution in [1.82, 2.24) is 9.97 Å². The molecule has 0 aliphatic carbocycles. The van der Waals surface area contributed by atoms with Gasteiger partial charge < -0.3 is 10.0 Å². The van der Waals surface area contributed by atoms with Gasteiger partial charge in [0.2, 0.25) is 0 Å². The molecule has 1 rings (SSSR count). The zero-order valence-electron chi connectivity index (χ0n) is 10.5. The van der Waals surface area contributed by atoms with E-state index in [4.69, 9.17) is 5.11 Å². The van der Waals surface area contributed by atoms with E-state index in [0.717, 1.165) is 25.8 Å². The molecule has 0 amide bonds. The van der Waals surface area contributed by atoms with Crippen LogP contribution in [0.4, 0.5) is 10.2 Å². The predicted molar refractivity (Wildman–Crippen MR) is 65.6 cm³/mol. The Hall–Kier alpha value is -1.23. The van der Waals surface area contributed by atoms with Crippen LogP contribution in [0.1, 0.15) is 31.9 Å². The van der Waals surface area contributed by atoms with Crippen LogP contribution in [0.5, 0.6) is 0 Å². The molecule has 0 aliphatic rings. The summed E-state index contributed by atoms with van der Waals surface area (Å²) in [6.07, 6.45) is 4.62. The van der Waals surface area contributed by atoms with Crippen LogP contribution in [0.3, 0.4) is 0 Å². The first-order valence-electron chi connectivity index (χ1n) is 6.02. The summed E-state index contributed by atoms with van der Waals surface area (Å²) in [4.78, 5) is 9.68. The Balaban J connectivity index is 2.59. The smallest absolute Gasteiger partial charge is 0.187 e. The largest absolute Gasteiger partial charge is 0.396 e. The van der Waals surface area contributed by atoms with Gasteiger partial charge in [0.15, 0.2) is 11.6 Å². The first-order chi connectivity index (χ1) is 8.20. The Kier molecular flexibility index (Phi) is 5.83. The average molecular weight is 241 g/mol. The number of halogens is 1. The van der Waals surface area contributed by atoms with Gasteiger partial charge in [-0.05, 0) is 25.7 Å². The molecule has 0 unspecified atom stereocenters. The second-order valence-electron chi connectivity index (χ2n) is 4.02.